The number of nitrogens with zero attached hydrogens (tertiary/aromatic N) is 1. The Morgan fingerprint density at radius 1 is 1.58 bits per heavy atom. The number of anilines is 1. The van der Waals surface area contributed by atoms with Crippen LogP contribution in [0.4, 0.5) is 5.82 Å². The van der Waals surface area contributed by atoms with Gasteiger partial charge in [0.25, 0.3) is 5.91 Å². The van der Waals surface area contributed by atoms with Crippen LogP contribution in [0.2, 0.25) is 5.02 Å². The largest absolute Gasteiger partial charge is 0.345 e. The average Bonchev–Trinajstić information content (AvgIpc) is 2.92. The molecule has 0 aliphatic carbocycles. The van der Waals surface area contributed by atoms with Gasteiger partial charge in [-0.25, -0.2) is 10.8 Å². The van der Waals surface area contributed by atoms with Gasteiger partial charge in [0.05, 0.1) is 16.6 Å². The van der Waals surface area contributed by atoms with E-state index < -0.39 is 0 Å². The molecule has 7 heteroatoms. The summed E-state index contributed by atoms with van der Waals surface area (Å²) in [4.78, 5) is 16.0. The Morgan fingerprint density at radius 2 is 2.37 bits per heavy atom. The lowest BCUT2D eigenvalue weighted by Crippen LogP contribution is -2.26. The summed E-state index contributed by atoms with van der Waals surface area (Å²) in [5.74, 6) is 5.34. The molecule has 1 unspecified atom stereocenters. The van der Waals surface area contributed by atoms with Gasteiger partial charge in [0.2, 0.25) is 0 Å². The molecule has 1 atom stereocenters. The number of hydrazine groups is 1. The fourth-order valence-corrected chi connectivity index (χ4v) is 2.53. The minimum absolute atomic E-state index is 0.0650. The van der Waals surface area contributed by atoms with E-state index in [0.29, 0.717) is 16.4 Å². The first-order valence-corrected chi connectivity index (χ1v) is 6.89. The maximum Gasteiger partial charge on any atom is 0.253 e. The van der Waals surface area contributed by atoms with E-state index in [1.165, 1.54) is 12.3 Å². The molecule has 5 nitrogen and oxygen atoms in total. The molecule has 4 N–H and O–H groups in total. The number of aromatic nitrogens is 1. The lowest BCUT2D eigenvalue weighted by atomic mass is 10.1. The van der Waals surface area contributed by atoms with Crippen molar-refractivity contribution in [2.45, 2.75) is 13.0 Å². The number of amides is 1. The Hall–Kier alpha value is -1.63. The highest BCUT2D eigenvalue weighted by molar-refractivity contribution is 7.07. The Labute approximate surface area is 119 Å². The van der Waals surface area contributed by atoms with Crippen LogP contribution in [0.25, 0.3) is 0 Å². The second-order valence-electron chi connectivity index (χ2n) is 3.95. The van der Waals surface area contributed by atoms with Crippen molar-refractivity contribution < 1.29 is 4.79 Å². The summed E-state index contributed by atoms with van der Waals surface area (Å²) in [6.07, 6.45) is 1.43. The van der Waals surface area contributed by atoms with E-state index in [0.717, 1.165) is 5.56 Å². The number of hydrogen-bond donors (Lipinski definition) is 3. The summed E-state index contributed by atoms with van der Waals surface area (Å²) < 4.78 is 0. The normalized spacial score (nSPS) is 11.9. The van der Waals surface area contributed by atoms with Crippen molar-refractivity contribution in [3.8, 4) is 0 Å². The van der Waals surface area contributed by atoms with E-state index in [1.54, 1.807) is 11.3 Å². The third-order valence-electron chi connectivity index (χ3n) is 2.63. The molecule has 0 fully saturated rings. The molecule has 0 bridgehead atoms. The molecule has 0 aromatic carbocycles. The summed E-state index contributed by atoms with van der Waals surface area (Å²) in [7, 11) is 0. The molecule has 19 heavy (non-hydrogen) atoms. The second kappa shape index (κ2) is 6.01. The van der Waals surface area contributed by atoms with Gasteiger partial charge < -0.3 is 10.7 Å². The minimum Gasteiger partial charge on any atom is -0.345 e. The fourth-order valence-electron chi connectivity index (χ4n) is 1.55. The number of nitrogen functional groups attached to an aromatic ring is 1. The standard InChI is InChI=1S/C12H13ClN4OS/c1-7(8-2-3-19-6-8)16-12(18)9-4-10(13)11(17-14)15-5-9/h2-7H,14H2,1H3,(H,15,17)(H,16,18). The molecule has 0 spiro atoms. The maximum absolute atomic E-state index is 12.0. The predicted molar refractivity (Wildman–Crippen MR) is 77.3 cm³/mol. The van der Waals surface area contributed by atoms with Crippen LogP contribution in [-0.4, -0.2) is 10.9 Å². The molecule has 0 saturated carbocycles. The minimum atomic E-state index is -0.225. The number of pyridine rings is 1. The van der Waals surface area contributed by atoms with Crippen molar-refractivity contribution in [2.75, 3.05) is 5.43 Å². The average molecular weight is 297 g/mol. The number of halogens is 1. The number of nitrogens with one attached hydrogen (secondary N) is 2. The number of nitrogens with two attached hydrogens (primary N) is 1. The van der Waals surface area contributed by atoms with Crippen LogP contribution >= 0.6 is 22.9 Å². The number of thiophene rings is 1. The molecule has 2 heterocycles. The lowest BCUT2D eigenvalue weighted by Gasteiger charge is -2.13. The van der Waals surface area contributed by atoms with Crippen molar-refractivity contribution in [3.63, 3.8) is 0 Å². The molecule has 2 aromatic rings. The molecular formula is C12H13ClN4OS. The Balaban J connectivity index is 2.10. The fraction of sp³-hybridized carbons (Fsp3) is 0.167. The summed E-state index contributed by atoms with van der Waals surface area (Å²) in [6, 6.07) is 3.44. The van der Waals surface area contributed by atoms with Gasteiger partial charge in [-0.3, -0.25) is 4.79 Å². The van der Waals surface area contributed by atoms with E-state index in [4.69, 9.17) is 17.4 Å². The third-order valence-corrected chi connectivity index (χ3v) is 3.62. The zero-order valence-corrected chi connectivity index (χ0v) is 11.8. The number of rotatable bonds is 4. The van der Waals surface area contributed by atoms with Crippen molar-refractivity contribution in [3.05, 3.63) is 45.2 Å². The smallest absolute Gasteiger partial charge is 0.253 e. The van der Waals surface area contributed by atoms with Crippen molar-refractivity contribution in [1.29, 1.82) is 0 Å². The molecule has 0 radical (unpaired) electrons. The van der Waals surface area contributed by atoms with E-state index in [1.807, 2.05) is 23.8 Å². The SMILES string of the molecule is CC(NC(=O)c1cnc(NN)c(Cl)c1)c1ccsc1. The first-order chi connectivity index (χ1) is 9.11. The van der Waals surface area contributed by atoms with Crippen LogP contribution in [0, 0.1) is 0 Å². The van der Waals surface area contributed by atoms with Crippen LogP contribution < -0.4 is 16.6 Å². The highest BCUT2D eigenvalue weighted by Crippen LogP contribution is 2.20. The van der Waals surface area contributed by atoms with Gasteiger partial charge in [-0.2, -0.15) is 11.3 Å². The zero-order chi connectivity index (χ0) is 13.8. The first-order valence-electron chi connectivity index (χ1n) is 5.57. The summed E-state index contributed by atoms with van der Waals surface area (Å²) in [5, 5.41) is 7.15. The van der Waals surface area contributed by atoms with Gasteiger partial charge in [0.1, 0.15) is 0 Å². The molecule has 2 rings (SSSR count). The lowest BCUT2D eigenvalue weighted by molar-refractivity contribution is 0.0939. The number of carbonyl (C=O) groups excluding carboxylic acids is 1. The van der Waals surface area contributed by atoms with E-state index in [9.17, 15) is 4.79 Å². The Kier molecular flexibility index (Phi) is 4.36. The highest BCUT2D eigenvalue weighted by Gasteiger charge is 2.13. The van der Waals surface area contributed by atoms with Gasteiger partial charge in [0, 0.05) is 6.20 Å². The highest BCUT2D eigenvalue weighted by atomic mass is 35.5. The van der Waals surface area contributed by atoms with Gasteiger partial charge >= 0.3 is 0 Å². The van der Waals surface area contributed by atoms with Gasteiger partial charge in [0.15, 0.2) is 5.82 Å². The Morgan fingerprint density at radius 3 is 2.95 bits per heavy atom. The van der Waals surface area contributed by atoms with Crippen LogP contribution in [0.5, 0.6) is 0 Å². The Bertz CT molecular complexity index is 573. The van der Waals surface area contributed by atoms with E-state index >= 15 is 0 Å². The molecule has 0 aliphatic rings. The molecule has 2 aromatic heterocycles. The summed E-state index contributed by atoms with van der Waals surface area (Å²) in [5.41, 5.74) is 3.81. The zero-order valence-electron chi connectivity index (χ0n) is 10.2. The van der Waals surface area contributed by atoms with E-state index in [-0.39, 0.29) is 11.9 Å². The number of hydrogen-bond acceptors (Lipinski definition) is 5. The predicted octanol–water partition coefficient (Wildman–Crippen LogP) is 2.57. The molecule has 100 valence electrons. The number of carbonyl (C=O) groups is 1. The van der Waals surface area contributed by atoms with Gasteiger partial charge in [-0.1, -0.05) is 11.6 Å². The monoisotopic (exact) mass is 296 g/mol. The first kappa shape index (κ1) is 13.8. The van der Waals surface area contributed by atoms with Crippen LogP contribution in [-0.2, 0) is 0 Å². The molecule has 1 amide bonds. The van der Waals surface area contributed by atoms with Gasteiger partial charge in [-0.15, -0.1) is 0 Å². The van der Waals surface area contributed by atoms with Crippen LogP contribution in [0.15, 0.2) is 29.1 Å². The van der Waals surface area contributed by atoms with Crippen LogP contribution in [0.3, 0.4) is 0 Å². The van der Waals surface area contributed by atoms with Gasteiger partial charge in [-0.05, 0) is 35.4 Å². The maximum atomic E-state index is 12.0. The molecule has 0 aliphatic heterocycles. The summed E-state index contributed by atoms with van der Waals surface area (Å²) >= 11 is 7.52. The second-order valence-corrected chi connectivity index (χ2v) is 5.14. The van der Waals surface area contributed by atoms with Crippen molar-refractivity contribution >= 4 is 34.7 Å². The third kappa shape index (κ3) is 3.23. The summed E-state index contributed by atoms with van der Waals surface area (Å²) in [6.45, 7) is 1.92. The topological polar surface area (TPSA) is 80.0 Å². The molecular weight excluding hydrogens is 284 g/mol. The van der Waals surface area contributed by atoms with Crippen molar-refractivity contribution in [1.82, 2.24) is 10.3 Å². The van der Waals surface area contributed by atoms with E-state index in [2.05, 4.69) is 15.7 Å². The quantitative estimate of drug-likeness (QED) is 0.598. The van der Waals surface area contributed by atoms with Crippen LogP contribution in [0.1, 0.15) is 28.9 Å². The van der Waals surface area contributed by atoms with Crippen molar-refractivity contribution in [2.24, 2.45) is 5.84 Å². The molecule has 0 saturated heterocycles.